The molecular formula is C34H43N3O5S. The van der Waals surface area contributed by atoms with Gasteiger partial charge in [0.1, 0.15) is 18.3 Å². The van der Waals surface area contributed by atoms with Crippen LogP contribution in [0.2, 0.25) is 0 Å². The van der Waals surface area contributed by atoms with Crippen molar-refractivity contribution in [3.8, 4) is 5.75 Å². The molecule has 0 bridgehead atoms. The van der Waals surface area contributed by atoms with Crippen LogP contribution in [0.25, 0.3) is 0 Å². The molecule has 1 saturated carbocycles. The smallest absolute Gasteiger partial charge is 0.264 e. The number of aryl methyl sites for hydroxylation is 1. The zero-order valence-corrected chi connectivity index (χ0v) is 26.6. The second-order valence-corrected chi connectivity index (χ2v) is 13.5. The second-order valence-electron chi connectivity index (χ2n) is 11.6. The van der Waals surface area contributed by atoms with Crippen LogP contribution in [0.4, 0.5) is 5.69 Å². The molecule has 1 aliphatic carbocycles. The van der Waals surface area contributed by atoms with Crippen molar-refractivity contribution in [3.05, 3.63) is 89.5 Å². The third-order valence-electron chi connectivity index (χ3n) is 8.09. The molecule has 1 N–H and O–H groups in total. The molecule has 3 aromatic carbocycles. The molecule has 0 aliphatic heterocycles. The van der Waals surface area contributed by atoms with Gasteiger partial charge < -0.3 is 15.0 Å². The number of ether oxygens (including phenoxy) is 1. The molecular weight excluding hydrogens is 562 g/mol. The van der Waals surface area contributed by atoms with E-state index in [1.807, 2.05) is 43.3 Å². The lowest BCUT2D eigenvalue weighted by atomic mass is 10.0. The summed E-state index contributed by atoms with van der Waals surface area (Å²) < 4.78 is 34.6. The van der Waals surface area contributed by atoms with Crippen molar-refractivity contribution in [2.75, 3.05) is 18.0 Å². The highest BCUT2D eigenvalue weighted by molar-refractivity contribution is 7.92. The highest BCUT2D eigenvalue weighted by Crippen LogP contribution is 2.27. The molecule has 0 aromatic heterocycles. The van der Waals surface area contributed by atoms with Crippen molar-refractivity contribution in [1.82, 2.24) is 10.2 Å². The van der Waals surface area contributed by atoms with Gasteiger partial charge in [-0.25, -0.2) is 8.42 Å². The highest BCUT2D eigenvalue weighted by atomic mass is 32.2. The number of methoxy groups -OCH3 is 1. The molecule has 1 aliphatic rings. The highest BCUT2D eigenvalue weighted by Gasteiger charge is 2.33. The van der Waals surface area contributed by atoms with Crippen LogP contribution in [-0.2, 0) is 26.2 Å². The van der Waals surface area contributed by atoms with Crippen LogP contribution in [0.1, 0.15) is 69.1 Å². The first kappa shape index (κ1) is 32.1. The maximum atomic E-state index is 14.2. The second kappa shape index (κ2) is 14.1. The number of carbonyl (C=O) groups excluding carboxylic acids is 2. The van der Waals surface area contributed by atoms with Gasteiger partial charge in [-0.05, 0) is 80.1 Å². The Hall–Kier alpha value is -3.85. The van der Waals surface area contributed by atoms with E-state index in [-0.39, 0.29) is 29.3 Å². The summed E-state index contributed by atoms with van der Waals surface area (Å²) in [4.78, 5) is 29.1. The predicted octanol–water partition coefficient (Wildman–Crippen LogP) is 5.80. The van der Waals surface area contributed by atoms with Crippen LogP contribution in [-0.4, -0.2) is 50.9 Å². The van der Waals surface area contributed by atoms with Crippen molar-refractivity contribution < 1.29 is 22.7 Å². The van der Waals surface area contributed by atoms with Gasteiger partial charge in [0.05, 0.1) is 17.7 Å². The van der Waals surface area contributed by atoms with Crippen LogP contribution in [0.3, 0.4) is 0 Å². The molecule has 43 heavy (non-hydrogen) atoms. The number of nitrogens with zero attached hydrogens (tertiary/aromatic N) is 2. The normalized spacial score (nSPS) is 14.4. The molecule has 1 unspecified atom stereocenters. The van der Waals surface area contributed by atoms with Gasteiger partial charge in [0.15, 0.2) is 0 Å². The fraction of sp³-hybridized carbons (Fsp3) is 0.412. The minimum Gasteiger partial charge on any atom is -0.497 e. The van der Waals surface area contributed by atoms with E-state index in [0.717, 1.165) is 46.7 Å². The van der Waals surface area contributed by atoms with Crippen molar-refractivity contribution in [2.45, 2.75) is 82.8 Å². The molecule has 9 heteroatoms. The molecule has 8 nitrogen and oxygen atoms in total. The van der Waals surface area contributed by atoms with E-state index < -0.39 is 28.5 Å². The van der Waals surface area contributed by atoms with Gasteiger partial charge in [-0.1, -0.05) is 68.7 Å². The largest absolute Gasteiger partial charge is 0.497 e. The average molecular weight is 606 g/mol. The molecule has 0 spiro atoms. The van der Waals surface area contributed by atoms with Crippen molar-refractivity contribution in [3.63, 3.8) is 0 Å². The van der Waals surface area contributed by atoms with E-state index in [2.05, 4.69) is 19.2 Å². The third kappa shape index (κ3) is 7.96. The zero-order valence-electron chi connectivity index (χ0n) is 25.7. The summed E-state index contributed by atoms with van der Waals surface area (Å²) in [5, 5.41) is 3.10. The third-order valence-corrected chi connectivity index (χ3v) is 9.88. The number of hydrogen-bond acceptors (Lipinski definition) is 5. The summed E-state index contributed by atoms with van der Waals surface area (Å²) in [6.45, 7) is 7.35. The summed E-state index contributed by atoms with van der Waals surface area (Å²) in [5.74, 6) is 0.148. The maximum absolute atomic E-state index is 14.2. The SMILES string of the molecule is COc1cccc(CN(C(=O)CN(c2ccc(C(C)C)cc2)S(=O)(=O)c2ccc(C)cc2)C(C)C(=O)NC2CCCC2)c1. The number of nitrogens with one attached hydrogen (secondary N) is 1. The Bertz CT molecular complexity index is 1500. The molecule has 0 radical (unpaired) electrons. The molecule has 1 fully saturated rings. The van der Waals surface area contributed by atoms with Gasteiger partial charge >= 0.3 is 0 Å². The summed E-state index contributed by atoms with van der Waals surface area (Å²) in [7, 11) is -2.55. The number of benzene rings is 3. The van der Waals surface area contributed by atoms with E-state index >= 15 is 0 Å². The van der Waals surface area contributed by atoms with Crippen molar-refractivity contribution in [2.24, 2.45) is 0 Å². The van der Waals surface area contributed by atoms with Crippen LogP contribution in [0.15, 0.2) is 77.7 Å². The van der Waals surface area contributed by atoms with E-state index in [1.165, 1.54) is 4.90 Å². The van der Waals surface area contributed by atoms with Crippen molar-refractivity contribution >= 4 is 27.5 Å². The van der Waals surface area contributed by atoms with Crippen LogP contribution in [0, 0.1) is 6.92 Å². The Labute approximate surface area is 256 Å². The molecule has 0 heterocycles. The van der Waals surface area contributed by atoms with Gasteiger partial charge in [-0.15, -0.1) is 0 Å². The molecule has 4 rings (SSSR count). The number of sulfonamides is 1. The molecule has 230 valence electrons. The van der Waals surface area contributed by atoms with Gasteiger partial charge in [0.25, 0.3) is 10.0 Å². The van der Waals surface area contributed by atoms with Gasteiger partial charge in [-0.3, -0.25) is 13.9 Å². The Morgan fingerprint density at radius 3 is 2.21 bits per heavy atom. The molecule has 3 aromatic rings. The zero-order chi connectivity index (χ0) is 31.1. The Morgan fingerprint density at radius 2 is 1.60 bits per heavy atom. The minimum absolute atomic E-state index is 0.0848. The molecule has 2 amide bonds. The summed E-state index contributed by atoms with van der Waals surface area (Å²) in [5.41, 5.74) is 3.12. The monoisotopic (exact) mass is 605 g/mol. The average Bonchev–Trinajstić information content (AvgIpc) is 3.51. The first-order valence-electron chi connectivity index (χ1n) is 14.9. The summed E-state index contributed by atoms with van der Waals surface area (Å²) >= 11 is 0. The predicted molar refractivity (Wildman–Crippen MR) is 170 cm³/mol. The minimum atomic E-state index is -4.12. The molecule has 1 atom stereocenters. The lowest BCUT2D eigenvalue weighted by Gasteiger charge is -2.32. The molecule has 0 saturated heterocycles. The number of amides is 2. The summed E-state index contributed by atoms with van der Waals surface area (Å²) in [6, 6.07) is 20.4. The lowest BCUT2D eigenvalue weighted by molar-refractivity contribution is -0.139. The van der Waals surface area contributed by atoms with Gasteiger partial charge in [0, 0.05) is 12.6 Å². The number of hydrogen-bond donors (Lipinski definition) is 1. The number of rotatable bonds is 12. The van der Waals surface area contributed by atoms with E-state index in [1.54, 1.807) is 50.4 Å². The Morgan fingerprint density at radius 1 is 0.953 bits per heavy atom. The van der Waals surface area contributed by atoms with E-state index in [0.29, 0.717) is 11.4 Å². The fourth-order valence-corrected chi connectivity index (χ4v) is 6.75. The van der Waals surface area contributed by atoms with Crippen molar-refractivity contribution in [1.29, 1.82) is 0 Å². The summed E-state index contributed by atoms with van der Waals surface area (Å²) in [6.07, 6.45) is 3.95. The quantitative estimate of drug-likeness (QED) is 0.282. The topological polar surface area (TPSA) is 96.0 Å². The number of anilines is 1. The Balaban J connectivity index is 1.70. The van der Waals surface area contributed by atoms with Crippen LogP contribution < -0.4 is 14.4 Å². The Kier molecular flexibility index (Phi) is 10.5. The lowest BCUT2D eigenvalue weighted by Crippen LogP contribution is -2.52. The maximum Gasteiger partial charge on any atom is 0.264 e. The fourth-order valence-electron chi connectivity index (χ4n) is 5.33. The first-order chi connectivity index (χ1) is 20.5. The van der Waals surface area contributed by atoms with E-state index in [4.69, 9.17) is 4.74 Å². The van der Waals surface area contributed by atoms with Crippen LogP contribution in [0.5, 0.6) is 5.75 Å². The number of carbonyl (C=O) groups is 2. The van der Waals surface area contributed by atoms with Crippen LogP contribution >= 0.6 is 0 Å². The van der Waals surface area contributed by atoms with E-state index in [9.17, 15) is 18.0 Å². The van der Waals surface area contributed by atoms with Gasteiger partial charge in [0.2, 0.25) is 11.8 Å². The van der Waals surface area contributed by atoms with Gasteiger partial charge in [-0.2, -0.15) is 0 Å². The first-order valence-corrected chi connectivity index (χ1v) is 16.4. The standard InChI is InChI=1S/C34H43N3O5S/c1-24(2)28-15-17-30(18-16-28)37(43(40,41)32-19-13-25(3)14-20-32)23-33(38)36(22-27-9-8-12-31(21-27)42-5)26(4)34(39)35-29-10-6-7-11-29/h8-9,12-21,24,26,29H,6-7,10-11,22-23H2,1-5H3,(H,35,39).